The number of carbonyl (C=O) groups excluding carboxylic acids is 1. The molecular formula is C14H17N3O3S. The SMILES string of the molecule is N#Cc1ccsc1NC(=O)CN1CCCCC1CC(=O)O. The summed E-state index contributed by atoms with van der Waals surface area (Å²) in [5.41, 5.74) is 0.453. The predicted molar refractivity (Wildman–Crippen MR) is 79.1 cm³/mol. The highest BCUT2D eigenvalue weighted by atomic mass is 32.1. The van der Waals surface area contributed by atoms with Gasteiger partial charge in [-0.25, -0.2) is 0 Å². The van der Waals surface area contributed by atoms with Crippen LogP contribution < -0.4 is 5.32 Å². The molecule has 1 amide bonds. The van der Waals surface area contributed by atoms with Crippen LogP contribution in [0.3, 0.4) is 0 Å². The molecule has 21 heavy (non-hydrogen) atoms. The summed E-state index contributed by atoms with van der Waals surface area (Å²) in [6, 6.07) is 3.60. The topological polar surface area (TPSA) is 93.4 Å². The van der Waals surface area contributed by atoms with E-state index in [0.717, 1.165) is 25.8 Å². The van der Waals surface area contributed by atoms with Gasteiger partial charge in [-0.05, 0) is 30.8 Å². The standard InChI is InChI=1S/C14H17N3O3S/c15-8-10-4-6-21-14(10)16-12(18)9-17-5-2-1-3-11(17)7-13(19)20/h4,6,11H,1-3,5,7,9H2,(H,16,18)(H,19,20). The third kappa shape index (κ3) is 4.28. The van der Waals surface area contributed by atoms with E-state index >= 15 is 0 Å². The summed E-state index contributed by atoms with van der Waals surface area (Å²) < 4.78 is 0. The molecule has 112 valence electrons. The maximum atomic E-state index is 12.1. The molecule has 0 aliphatic carbocycles. The van der Waals surface area contributed by atoms with Crippen LogP contribution in [0.2, 0.25) is 0 Å². The second-order valence-electron chi connectivity index (χ2n) is 5.04. The van der Waals surface area contributed by atoms with Gasteiger partial charge in [0.2, 0.25) is 5.91 Å². The zero-order valence-corrected chi connectivity index (χ0v) is 12.4. The van der Waals surface area contributed by atoms with E-state index in [4.69, 9.17) is 10.4 Å². The van der Waals surface area contributed by atoms with Gasteiger partial charge in [0.25, 0.3) is 0 Å². The lowest BCUT2D eigenvalue weighted by molar-refractivity contribution is -0.139. The maximum Gasteiger partial charge on any atom is 0.304 e. The van der Waals surface area contributed by atoms with Gasteiger partial charge in [0, 0.05) is 6.04 Å². The van der Waals surface area contributed by atoms with Gasteiger partial charge in [0.05, 0.1) is 18.5 Å². The number of nitrogens with zero attached hydrogens (tertiary/aromatic N) is 2. The molecule has 7 heteroatoms. The van der Waals surface area contributed by atoms with E-state index in [9.17, 15) is 9.59 Å². The summed E-state index contributed by atoms with van der Waals surface area (Å²) in [4.78, 5) is 24.9. The van der Waals surface area contributed by atoms with Crippen LogP contribution in [0.25, 0.3) is 0 Å². The Kier molecular flexibility index (Phi) is 5.31. The summed E-state index contributed by atoms with van der Waals surface area (Å²) in [5.74, 6) is -1.04. The molecule has 2 N–H and O–H groups in total. The van der Waals surface area contributed by atoms with Gasteiger partial charge in [0.1, 0.15) is 11.1 Å². The molecule has 1 aliphatic rings. The van der Waals surface area contributed by atoms with E-state index in [2.05, 4.69) is 5.32 Å². The summed E-state index contributed by atoms with van der Waals surface area (Å²) in [6.45, 7) is 0.904. The van der Waals surface area contributed by atoms with E-state index in [1.807, 2.05) is 11.0 Å². The number of carboxylic acids is 1. The van der Waals surface area contributed by atoms with Crippen molar-refractivity contribution >= 4 is 28.2 Å². The Morgan fingerprint density at radius 2 is 2.33 bits per heavy atom. The lowest BCUT2D eigenvalue weighted by Gasteiger charge is -2.34. The van der Waals surface area contributed by atoms with Crippen molar-refractivity contribution in [3.05, 3.63) is 17.0 Å². The fourth-order valence-corrected chi connectivity index (χ4v) is 3.30. The molecule has 1 aliphatic heterocycles. The lowest BCUT2D eigenvalue weighted by Crippen LogP contribution is -2.44. The first kappa shape index (κ1) is 15.5. The van der Waals surface area contributed by atoms with Gasteiger partial charge in [-0.2, -0.15) is 5.26 Å². The van der Waals surface area contributed by atoms with Crippen molar-refractivity contribution in [2.45, 2.75) is 31.7 Å². The molecule has 0 aromatic carbocycles. The number of thiophene rings is 1. The summed E-state index contributed by atoms with van der Waals surface area (Å²) >= 11 is 1.31. The van der Waals surface area contributed by atoms with E-state index < -0.39 is 5.97 Å². The molecule has 1 atom stereocenters. The van der Waals surface area contributed by atoms with Crippen LogP contribution in [0.4, 0.5) is 5.00 Å². The van der Waals surface area contributed by atoms with Crippen LogP contribution in [0.1, 0.15) is 31.2 Å². The minimum absolute atomic E-state index is 0.0652. The molecule has 1 unspecified atom stereocenters. The zero-order valence-electron chi connectivity index (χ0n) is 11.5. The highest BCUT2D eigenvalue weighted by Crippen LogP contribution is 2.23. The summed E-state index contributed by atoms with van der Waals surface area (Å²) in [7, 11) is 0. The van der Waals surface area contributed by atoms with Crippen LogP contribution in [0.15, 0.2) is 11.4 Å². The number of carbonyl (C=O) groups is 2. The molecule has 2 rings (SSSR count). The van der Waals surface area contributed by atoms with Gasteiger partial charge >= 0.3 is 5.97 Å². The molecule has 1 aromatic heterocycles. The third-order valence-corrected chi connectivity index (χ3v) is 4.37. The molecule has 0 bridgehead atoms. The Morgan fingerprint density at radius 3 is 3.05 bits per heavy atom. The van der Waals surface area contributed by atoms with Crippen molar-refractivity contribution in [1.29, 1.82) is 5.26 Å². The fourth-order valence-electron chi connectivity index (χ4n) is 2.55. The van der Waals surface area contributed by atoms with Gasteiger partial charge in [-0.3, -0.25) is 14.5 Å². The van der Waals surface area contributed by atoms with Crippen LogP contribution in [-0.4, -0.2) is 41.0 Å². The Hall–Kier alpha value is -1.91. The first-order chi connectivity index (χ1) is 10.1. The Labute approximate surface area is 127 Å². The monoisotopic (exact) mass is 307 g/mol. The van der Waals surface area contributed by atoms with E-state index in [1.54, 1.807) is 11.4 Å². The number of nitriles is 1. The molecule has 0 radical (unpaired) electrons. The Morgan fingerprint density at radius 1 is 1.52 bits per heavy atom. The maximum absolute atomic E-state index is 12.1. The number of aliphatic carboxylic acids is 1. The number of anilines is 1. The second-order valence-corrected chi connectivity index (χ2v) is 5.96. The summed E-state index contributed by atoms with van der Waals surface area (Å²) in [6.07, 6.45) is 2.85. The second kappa shape index (κ2) is 7.20. The first-order valence-corrected chi connectivity index (χ1v) is 7.71. The molecule has 1 aromatic rings. The molecular weight excluding hydrogens is 290 g/mol. The number of hydrogen-bond donors (Lipinski definition) is 2. The molecule has 0 spiro atoms. The number of hydrogen-bond acceptors (Lipinski definition) is 5. The molecule has 0 saturated carbocycles. The molecule has 2 heterocycles. The van der Waals surface area contributed by atoms with Crippen LogP contribution in [0.5, 0.6) is 0 Å². The van der Waals surface area contributed by atoms with Crippen molar-refractivity contribution in [3.63, 3.8) is 0 Å². The molecule has 6 nitrogen and oxygen atoms in total. The minimum Gasteiger partial charge on any atom is -0.481 e. The van der Waals surface area contributed by atoms with Crippen LogP contribution in [-0.2, 0) is 9.59 Å². The number of rotatable bonds is 5. The molecule has 1 saturated heterocycles. The van der Waals surface area contributed by atoms with Crippen molar-refractivity contribution < 1.29 is 14.7 Å². The average Bonchev–Trinajstić information content (AvgIpc) is 2.87. The quantitative estimate of drug-likeness (QED) is 0.866. The number of likely N-dealkylation sites (tertiary alicyclic amines) is 1. The van der Waals surface area contributed by atoms with Crippen molar-refractivity contribution in [3.8, 4) is 6.07 Å². The number of nitrogens with one attached hydrogen (secondary N) is 1. The Balaban J connectivity index is 1.94. The number of piperidine rings is 1. The molecule has 1 fully saturated rings. The summed E-state index contributed by atoms with van der Waals surface area (Å²) in [5, 5.41) is 22.9. The van der Waals surface area contributed by atoms with Gasteiger partial charge < -0.3 is 10.4 Å². The number of amides is 1. The van der Waals surface area contributed by atoms with E-state index in [-0.39, 0.29) is 24.9 Å². The van der Waals surface area contributed by atoms with E-state index in [0.29, 0.717) is 10.6 Å². The van der Waals surface area contributed by atoms with Gasteiger partial charge in [-0.1, -0.05) is 6.42 Å². The van der Waals surface area contributed by atoms with Crippen LogP contribution >= 0.6 is 11.3 Å². The first-order valence-electron chi connectivity index (χ1n) is 6.83. The van der Waals surface area contributed by atoms with Gasteiger partial charge in [-0.15, -0.1) is 11.3 Å². The highest BCUT2D eigenvalue weighted by Gasteiger charge is 2.26. The van der Waals surface area contributed by atoms with Crippen molar-refractivity contribution in [1.82, 2.24) is 4.90 Å². The zero-order chi connectivity index (χ0) is 15.2. The van der Waals surface area contributed by atoms with Crippen molar-refractivity contribution in [2.75, 3.05) is 18.4 Å². The minimum atomic E-state index is -0.836. The highest BCUT2D eigenvalue weighted by molar-refractivity contribution is 7.14. The predicted octanol–water partition coefficient (Wildman–Crippen LogP) is 1.89. The smallest absolute Gasteiger partial charge is 0.304 e. The van der Waals surface area contributed by atoms with Crippen molar-refractivity contribution in [2.24, 2.45) is 0 Å². The largest absolute Gasteiger partial charge is 0.481 e. The normalized spacial score (nSPS) is 18.9. The number of carboxylic acid groups (broad SMARTS) is 1. The Bertz CT molecular complexity index is 564. The van der Waals surface area contributed by atoms with Gasteiger partial charge in [0.15, 0.2) is 0 Å². The van der Waals surface area contributed by atoms with E-state index in [1.165, 1.54) is 11.3 Å². The van der Waals surface area contributed by atoms with Crippen LogP contribution in [0, 0.1) is 11.3 Å². The average molecular weight is 307 g/mol. The third-order valence-electron chi connectivity index (χ3n) is 3.54. The lowest BCUT2D eigenvalue weighted by atomic mass is 9.99. The fraction of sp³-hybridized carbons (Fsp3) is 0.500.